The molecule has 1 amide bonds. The Morgan fingerprint density at radius 3 is 2.76 bits per heavy atom. The van der Waals surface area contributed by atoms with E-state index in [1.165, 1.54) is 0 Å². The van der Waals surface area contributed by atoms with Gasteiger partial charge in [-0.2, -0.15) is 0 Å². The zero-order valence-corrected chi connectivity index (χ0v) is 11.4. The first-order valence-electron chi connectivity index (χ1n) is 5.78. The molecule has 1 saturated carbocycles. The number of carbonyl (C=O) groups excluding carboxylic acids is 1. The lowest BCUT2D eigenvalue weighted by Crippen LogP contribution is -2.35. The van der Waals surface area contributed by atoms with E-state index in [1.54, 1.807) is 11.8 Å². The second-order valence-corrected chi connectivity index (χ2v) is 5.35. The minimum atomic E-state index is 0.123. The highest BCUT2D eigenvalue weighted by molar-refractivity contribution is 7.98. The van der Waals surface area contributed by atoms with Gasteiger partial charge in [-0.1, -0.05) is 12.1 Å². The lowest BCUT2D eigenvalue weighted by Gasteiger charge is -2.22. The van der Waals surface area contributed by atoms with Crippen molar-refractivity contribution in [2.45, 2.75) is 23.8 Å². The summed E-state index contributed by atoms with van der Waals surface area (Å²) in [5.74, 6) is 0.627. The molecule has 2 nitrogen and oxygen atoms in total. The van der Waals surface area contributed by atoms with Gasteiger partial charge in [-0.05, 0) is 31.2 Å². The van der Waals surface area contributed by atoms with Crippen LogP contribution < -0.4 is 0 Å². The third kappa shape index (κ3) is 2.96. The van der Waals surface area contributed by atoms with E-state index in [0.29, 0.717) is 18.5 Å². The van der Waals surface area contributed by atoms with E-state index >= 15 is 0 Å². The normalized spacial score (nSPS) is 14.7. The van der Waals surface area contributed by atoms with Crippen LogP contribution in [-0.2, 0) is 0 Å². The van der Waals surface area contributed by atoms with Crippen molar-refractivity contribution in [1.29, 1.82) is 0 Å². The Morgan fingerprint density at radius 1 is 1.47 bits per heavy atom. The number of hydrogen-bond donors (Lipinski definition) is 0. The van der Waals surface area contributed by atoms with Gasteiger partial charge in [0, 0.05) is 23.4 Å². The molecular formula is C13H16ClNOS. The lowest BCUT2D eigenvalue weighted by molar-refractivity contribution is 0.0750. The van der Waals surface area contributed by atoms with Crippen LogP contribution in [0.2, 0.25) is 0 Å². The average Bonchev–Trinajstić information content (AvgIpc) is 3.19. The van der Waals surface area contributed by atoms with Crippen LogP contribution in [-0.4, -0.2) is 35.5 Å². The summed E-state index contributed by atoms with van der Waals surface area (Å²) in [6.07, 6.45) is 4.23. The second-order valence-electron chi connectivity index (χ2n) is 4.12. The molecule has 4 heteroatoms. The minimum absolute atomic E-state index is 0.123. The number of nitrogens with zero attached hydrogens (tertiary/aromatic N) is 1. The molecule has 1 aliphatic carbocycles. The molecule has 17 heavy (non-hydrogen) atoms. The quantitative estimate of drug-likeness (QED) is 0.604. The highest BCUT2D eigenvalue weighted by Gasteiger charge is 2.33. The molecule has 0 radical (unpaired) electrons. The standard InChI is InChI=1S/C13H16ClNOS/c1-17-12-5-3-2-4-11(12)13(16)15(9-8-14)10-6-7-10/h2-5,10H,6-9H2,1H3. The Kier molecular flexibility index (Phi) is 4.35. The summed E-state index contributed by atoms with van der Waals surface area (Å²) in [7, 11) is 0. The number of hydrogen-bond acceptors (Lipinski definition) is 2. The highest BCUT2D eigenvalue weighted by atomic mass is 35.5. The summed E-state index contributed by atoms with van der Waals surface area (Å²) in [5.41, 5.74) is 0.803. The molecule has 0 unspecified atom stereocenters. The van der Waals surface area contributed by atoms with E-state index < -0.39 is 0 Å². The number of benzene rings is 1. The van der Waals surface area contributed by atoms with Gasteiger partial charge >= 0.3 is 0 Å². The number of amides is 1. The van der Waals surface area contributed by atoms with E-state index in [0.717, 1.165) is 23.3 Å². The molecule has 0 saturated heterocycles. The van der Waals surface area contributed by atoms with Gasteiger partial charge in [-0.25, -0.2) is 0 Å². The van der Waals surface area contributed by atoms with Crippen LogP contribution >= 0.6 is 23.4 Å². The molecule has 0 heterocycles. The Morgan fingerprint density at radius 2 is 2.18 bits per heavy atom. The first-order chi connectivity index (χ1) is 8.27. The summed E-state index contributed by atoms with van der Waals surface area (Å²) in [4.78, 5) is 15.4. The van der Waals surface area contributed by atoms with Crippen LogP contribution in [0.15, 0.2) is 29.2 Å². The average molecular weight is 270 g/mol. The van der Waals surface area contributed by atoms with Crippen molar-refractivity contribution >= 4 is 29.3 Å². The maximum absolute atomic E-state index is 12.4. The summed E-state index contributed by atoms with van der Waals surface area (Å²) in [6.45, 7) is 0.647. The molecule has 1 aliphatic rings. The van der Waals surface area contributed by atoms with Crippen molar-refractivity contribution in [3.8, 4) is 0 Å². The van der Waals surface area contributed by atoms with Crippen molar-refractivity contribution in [1.82, 2.24) is 4.90 Å². The van der Waals surface area contributed by atoms with Gasteiger partial charge in [0.25, 0.3) is 5.91 Å². The van der Waals surface area contributed by atoms with Crippen LogP contribution in [0, 0.1) is 0 Å². The van der Waals surface area contributed by atoms with E-state index in [1.807, 2.05) is 35.4 Å². The molecule has 0 aromatic heterocycles. The molecule has 0 bridgehead atoms. The molecule has 1 aromatic carbocycles. The summed E-state index contributed by atoms with van der Waals surface area (Å²) in [5, 5.41) is 0. The topological polar surface area (TPSA) is 20.3 Å². The predicted molar refractivity (Wildman–Crippen MR) is 73.0 cm³/mol. The first kappa shape index (κ1) is 12.8. The molecule has 92 valence electrons. The van der Waals surface area contributed by atoms with Crippen LogP contribution in [0.5, 0.6) is 0 Å². The minimum Gasteiger partial charge on any atom is -0.334 e. The van der Waals surface area contributed by atoms with Crippen LogP contribution in [0.3, 0.4) is 0 Å². The molecule has 0 spiro atoms. The van der Waals surface area contributed by atoms with Gasteiger partial charge in [0.15, 0.2) is 0 Å². The van der Waals surface area contributed by atoms with Gasteiger partial charge in [0.1, 0.15) is 0 Å². The number of rotatable bonds is 5. The third-order valence-electron chi connectivity index (χ3n) is 2.91. The monoisotopic (exact) mass is 269 g/mol. The van der Waals surface area contributed by atoms with Gasteiger partial charge in [0.2, 0.25) is 0 Å². The van der Waals surface area contributed by atoms with Gasteiger partial charge < -0.3 is 4.90 Å². The van der Waals surface area contributed by atoms with Gasteiger partial charge in [-0.3, -0.25) is 4.79 Å². The fourth-order valence-electron chi connectivity index (χ4n) is 1.90. The maximum Gasteiger partial charge on any atom is 0.255 e. The zero-order chi connectivity index (χ0) is 12.3. The van der Waals surface area contributed by atoms with Gasteiger partial charge in [-0.15, -0.1) is 23.4 Å². The molecule has 1 aromatic rings. The number of carbonyl (C=O) groups is 1. The predicted octanol–water partition coefficient (Wildman–Crippen LogP) is 3.25. The number of halogens is 1. The van der Waals surface area contributed by atoms with Crippen molar-refractivity contribution in [2.75, 3.05) is 18.7 Å². The van der Waals surface area contributed by atoms with Crippen LogP contribution in [0.4, 0.5) is 0 Å². The van der Waals surface area contributed by atoms with Crippen LogP contribution in [0.1, 0.15) is 23.2 Å². The smallest absolute Gasteiger partial charge is 0.255 e. The summed E-state index contributed by atoms with van der Waals surface area (Å²) in [6, 6.07) is 8.18. The molecule has 2 rings (SSSR count). The fraction of sp³-hybridized carbons (Fsp3) is 0.462. The molecule has 1 fully saturated rings. The van der Waals surface area contributed by atoms with Crippen molar-refractivity contribution in [3.63, 3.8) is 0 Å². The maximum atomic E-state index is 12.4. The van der Waals surface area contributed by atoms with E-state index in [4.69, 9.17) is 11.6 Å². The van der Waals surface area contributed by atoms with Crippen molar-refractivity contribution < 1.29 is 4.79 Å². The molecule has 0 atom stereocenters. The fourth-order valence-corrected chi connectivity index (χ4v) is 2.68. The Balaban J connectivity index is 2.21. The molecule has 0 aliphatic heterocycles. The number of alkyl halides is 1. The Hall–Kier alpha value is -0.670. The Bertz CT molecular complexity index is 406. The highest BCUT2D eigenvalue weighted by Crippen LogP contribution is 2.30. The molecule has 0 N–H and O–H groups in total. The SMILES string of the molecule is CSc1ccccc1C(=O)N(CCCl)C1CC1. The summed E-state index contributed by atoms with van der Waals surface area (Å²) < 4.78 is 0. The first-order valence-corrected chi connectivity index (χ1v) is 7.53. The Labute approximate surface area is 111 Å². The van der Waals surface area contributed by atoms with E-state index in [-0.39, 0.29) is 5.91 Å². The van der Waals surface area contributed by atoms with E-state index in [9.17, 15) is 4.79 Å². The van der Waals surface area contributed by atoms with Gasteiger partial charge in [0.05, 0.1) is 5.56 Å². The third-order valence-corrected chi connectivity index (χ3v) is 3.88. The number of thioether (sulfide) groups is 1. The van der Waals surface area contributed by atoms with Crippen molar-refractivity contribution in [3.05, 3.63) is 29.8 Å². The van der Waals surface area contributed by atoms with Crippen molar-refractivity contribution in [2.24, 2.45) is 0 Å². The van der Waals surface area contributed by atoms with Crippen LogP contribution in [0.25, 0.3) is 0 Å². The molecular weight excluding hydrogens is 254 g/mol. The second kappa shape index (κ2) is 5.78. The zero-order valence-electron chi connectivity index (χ0n) is 9.86. The lowest BCUT2D eigenvalue weighted by atomic mass is 10.2. The van der Waals surface area contributed by atoms with E-state index in [2.05, 4.69) is 0 Å². The largest absolute Gasteiger partial charge is 0.334 e. The summed E-state index contributed by atoms with van der Waals surface area (Å²) >= 11 is 7.39.